The molecule has 1 aliphatic rings. The minimum atomic E-state index is 0.435. The molecule has 1 saturated heterocycles. The van der Waals surface area contributed by atoms with Crippen molar-refractivity contribution in [1.29, 1.82) is 0 Å². The Bertz CT molecular complexity index is 312. The summed E-state index contributed by atoms with van der Waals surface area (Å²) < 4.78 is 0. The van der Waals surface area contributed by atoms with Gasteiger partial charge in [0.1, 0.15) is 5.01 Å². The van der Waals surface area contributed by atoms with E-state index < -0.39 is 0 Å². The highest BCUT2D eigenvalue weighted by molar-refractivity contribution is 7.09. The van der Waals surface area contributed by atoms with Crippen LogP contribution in [0.2, 0.25) is 0 Å². The van der Waals surface area contributed by atoms with Crippen LogP contribution >= 0.6 is 11.3 Å². The van der Waals surface area contributed by atoms with Crippen molar-refractivity contribution < 1.29 is 0 Å². The van der Waals surface area contributed by atoms with E-state index in [1.165, 1.54) is 30.8 Å². The molecule has 1 N–H and O–H groups in total. The Kier molecular flexibility index (Phi) is 4.95. The van der Waals surface area contributed by atoms with Crippen molar-refractivity contribution in [1.82, 2.24) is 15.2 Å². The third-order valence-corrected chi connectivity index (χ3v) is 4.57. The molecular formula is C13H23N3S. The Morgan fingerprint density at radius 1 is 1.59 bits per heavy atom. The van der Waals surface area contributed by atoms with Crippen LogP contribution in [0.4, 0.5) is 0 Å². The fourth-order valence-electron chi connectivity index (χ4n) is 2.49. The monoisotopic (exact) mass is 253 g/mol. The third-order valence-electron chi connectivity index (χ3n) is 3.68. The van der Waals surface area contributed by atoms with Gasteiger partial charge in [-0.25, -0.2) is 4.98 Å². The van der Waals surface area contributed by atoms with Crippen LogP contribution in [0, 0.1) is 0 Å². The number of rotatable bonds is 5. The Morgan fingerprint density at radius 2 is 2.47 bits per heavy atom. The third kappa shape index (κ3) is 3.50. The van der Waals surface area contributed by atoms with E-state index in [0.29, 0.717) is 12.1 Å². The molecule has 4 heteroatoms. The highest BCUT2D eigenvalue weighted by Crippen LogP contribution is 2.20. The number of nitrogens with one attached hydrogen (secondary N) is 1. The van der Waals surface area contributed by atoms with Crippen LogP contribution < -0.4 is 5.32 Å². The first-order chi connectivity index (χ1) is 8.31. The predicted molar refractivity (Wildman–Crippen MR) is 73.4 cm³/mol. The molecule has 0 radical (unpaired) electrons. The second-order valence-corrected chi connectivity index (χ2v) is 5.80. The predicted octanol–water partition coefficient (Wildman–Crippen LogP) is 2.67. The largest absolute Gasteiger partial charge is 0.306 e. The molecule has 17 heavy (non-hydrogen) atoms. The number of nitrogens with zero attached hydrogens (tertiary/aromatic N) is 2. The minimum absolute atomic E-state index is 0.435. The Balaban J connectivity index is 1.83. The van der Waals surface area contributed by atoms with Gasteiger partial charge in [0.15, 0.2) is 0 Å². The lowest BCUT2D eigenvalue weighted by Gasteiger charge is -2.33. The molecule has 1 fully saturated rings. The molecule has 0 bridgehead atoms. The van der Waals surface area contributed by atoms with Crippen LogP contribution in [0.15, 0.2) is 11.6 Å². The van der Waals surface area contributed by atoms with Gasteiger partial charge in [0.25, 0.3) is 0 Å². The second kappa shape index (κ2) is 6.47. The molecule has 1 aromatic rings. The molecule has 1 aromatic heterocycles. The van der Waals surface area contributed by atoms with Crippen LogP contribution in [-0.4, -0.2) is 36.1 Å². The van der Waals surface area contributed by atoms with Crippen LogP contribution in [-0.2, 0) is 0 Å². The van der Waals surface area contributed by atoms with E-state index in [9.17, 15) is 0 Å². The molecule has 0 aliphatic carbocycles. The summed E-state index contributed by atoms with van der Waals surface area (Å²) >= 11 is 1.76. The summed E-state index contributed by atoms with van der Waals surface area (Å²) in [5, 5.41) is 6.97. The van der Waals surface area contributed by atoms with Gasteiger partial charge in [0.2, 0.25) is 0 Å². The van der Waals surface area contributed by atoms with Gasteiger partial charge in [-0.1, -0.05) is 13.3 Å². The van der Waals surface area contributed by atoms with E-state index >= 15 is 0 Å². The first-order valence-corrected chi connectivity index (χ1v) is 7.52. The number of likely N-dealkylation sites (N-methyl/N-ethyl adjacent to an activating group) is 1. The highest BCUT2D eigenvalue weighted by atomic mass is 32.1. The van der Waals surface area contributed by atoms with Crippen molar-refractivity contribution in [2.24, 2.45) is 0 Å². The zero-order valence-corrected chi connectivity index (χ0v) is 11.7. The van der Waals surface area contributed by atoms with E-state index in [-0.39, 0.29) is 0 Å². The maximum Gasteiger partial charge on any atom is 0.109 e. The Morgan fingerprint density at radius 3 is 3.12 bits per heavy atom. The average molecular weight is 253 g/mol. The zero-order valence-electron chi connectivity index (χ0n) is 10.9. The number of piperidine rings is 1. The van der Waals surface area contributed by atoms with E-state index in [1.807, 2.05) is 6.20 Å². The molecule has 0 spiro atoms. The summed E-state index contributed by atoms with van der Waals surface area (Å²) in [5.41, 5.74) is 0. The summed E-state index contributed by atoms with van der Waals surface area (Å²) in [6.07, 6.45) is 7.08. The van der Waals surface area contributed by atoms with Gasteiger partial charge in [-0.2, -0.15) is 0 Å². The van der Waals surface area contributed by atoms with E-state index in [4.69, 9.17) is 0 Å². The van der Waals surface area contributed by atoms with Crippen LogP contribution in [0.3, 0.4) is 0 Å². The van der Waals surface area contributed by atoms with Crippen LogP contribution in [0.5, 0.6) is 0 Å². The fraction of sp³-hybridized carbons (Fsp3) is 0.769. The maximum absolute atomic E-state index is 4.41. The number of aromatic nitrogens is 1. The first kappa shape index (κ1) is 13.0. The van der Waals surface area contributed by atoms with Gasteiger partial charge in [-0.15, -0.1) is 11.3 Å². The maximum atomic E-state index is 4.41. The van der Waals surface area contributed by atoms with Crippen molar-refractivity contribution in [2.75, 3.05) is 20.1 Å². The molecule has 2 atom stereocenters. The summed E-state index contributed by atoms with van der Waals surface area (Å²) in [5.74, 6) is 0. The summed E-state index contributed by atoms with van der Waals surface area (Å²) in [6, 6.07) is 1.14. The lowest BCUT2D eigenvalue weighted by Crippen LogP contribution is -2.43. The number of thiazole rings is 1. The molecule has 0 saturated carbocycles. The summed E-state index contributed by atoms with van der Waals surface area (Å²) in [4.78, 5) is 6.90. The van der Waals surface area contributed by atoms with Gasteiger partial charge in [0, 0.05) is 24.2 Å². The number of hydrogen-bond acceptors (Lipinski definition) is 4. The SMILES string of the molecule is CCC(NCC1CCCCN1C)c1nccs1. The zero-order chi connectivity index (χ0) is 12.1. The Hall–Kier alpha value is -0.450. The van der Waals surface area contributed by atoms with Gasteiger partial charge >= 0.3 is 0 Å². The molecule has 2 unspecified atom stereocenters. The molecule has 2 heterocycles. The van der Waals surface area contributed by atoms with E-state index in [0.717, 1.165) is 13.0 Å². The first-order valence-electron chi connectivity index (χ1n) is 6.64. The van der Waals surface area contributed by atoms with Crippen molar-refractivity contribution in [2.45, 2.75) is 44.7 Å². The van der Waals surface area contributed by atoms with Gasteiger partial charge in [0.05, 0.1) is 6.04 Å². The van der Waals surface area contributed by atoms with Crippen molar-refractivity contribution >= 4 is 11.3 Å². The smallest absolute Gasteiger partial charge is 0.109 e. The molecule has 3 nitrogen and oxygen atoms in total. The quantitative estimate of drug-likeness (QED) is 0.874. The molecular weight excluding hydrogens is 230 g/mol. The second-order valence-electron chi connectivity index (χ2n) is 4.87. The lowest BCUT2D eigenvalue weighted by atomic mass is 10.0. The van der Waals surface area contributed by atoms with E-state index in [2.05, 4.69) is 34.6 Å². The van der Waals surface area contributed by atoms with Crippen molar-refractivity contribution in [3.63, 3.8) is 0 Å². The normalized spacial score (nSPS) is 23.8. The highest BCUT2D eigenvalue weighted by Gasteiger charge is 2.20. The Labute approximate surface area is 108 Å². The molecule has 0 amide bonds. The topological polar surface area (TPSA) is 28.2 Å². The standard InChI is InChI=1S/C13H23N3S/c1-3-12(13-14-7-9-17-13)15-10-11-6-4-5-8-16(11)2/h7,9,11-12,15H,3-6,8,10H2,1-2H3. The van der Waals surface area contributed by atoms with Crippen LogP contribution in [0.1, 0.15) is 43.7 Å². The summed E-state index contributed by atoms with van der Waals surface area (Å²) in [7, 11) is 2.25. The van der Waals surface area contributed by atoms with Crippen LogP contribution in [0.25, 0.3) is 0 Å². The van der Waals surface area contributed by atoms with Gasteiger partial charge < -0.3 is 10.2 Å². The van der Waals surface area contributed by atoms with Gasteiger partial charge in [-0.3, -0.25) is 0 Å². The average Bonchev–Trinajstić information content (AvgIpc) is 2.86. The molecule has 1 aliphatic heterocycles. The molecule has 96 valence electrons. The van der Waals surface area contributed by atoms with E-state index in [1.54, 1.807) is 11.3 Å². The van der Waals surface area contributed by atoms with Crippen molar-refractivity contribution in [3.8, 4) is 0 Å². The number of hydrogen-bond donors (Lipinski definition) is 1. The summed E-state index contributed by atoms with van der Waals surface area (Å²) in [6.45, 7) is 4.57. The van der Waals surface area contributed by atoms with Gasteiger partial charge in [-0.05, 0) is 32.9 Å². The molecule has 0 aromatic carbocycles. The van der Waals surface area contributed by atoms with Crippen molar-refractivity contribution in [3.05, 3.63) is 16.6 Å². The molecule has 2 rings (SSSR count). The minimum Gasteiger partial charge on any atom is -0.306 e. The number of likely N-dealkylation sites (tertiary alicyclic amines) is 1. The lowest BCUT2D eigenvalue weighted by molar-refractivity contribution is 0.177. The fourth-order valence-corrected chi connectivity index (χ4v) is 3.29.